The zero-order chi connectivity index (χ0) is 24.0. The molecule has 1 aliphatic heterocycles. The zero-order valence-electron chi connectivity index (χ0n) is 21.1. The maximum atomic E-state index is 13.5. The van der Waals surface area contributed by atoms with Gasteiger partial charge in [0.2, 0.25) is 0 Å². The van der Waals surface area contributed by atoms with Crippen LogP contribution >= 0.6 is 0 Å². The molecule has 1 heterocycles. The summed E-state index contributed by atoms with van der Waals surface area (Å²) in [6, 6.07) is 0. The van der Waals surface area contributed by atoms with Gasteiger partial charge in [0, 0.05) is 11.8 Å². The van der Waals surface area contributed by atoms with Crippen molar-refractivity contribution in [2.24, 2.45) is 52.8 Å². The van der Waals surface area contributed by atoms with E-state index in [1.165, 1.54) is 32.1 Å². The Balaban J connectivity index is 1.09. The van der Waals surface area contributed by atoms with Crippen LogP contribution in [-0.4, -0.2) is 35.7 Å². The fourth-order valence-electron chi connectivity index (χ4n) is 9.01. The molecule has 6 aliphatic carbocycles. The Labute approximate surface area is 202 Å². The molecule has 0 aromatic carbocycles. The highest BCUT2D eigenvalue weighted by Gasteiger charge is 2.63. The first-order chi connectivity index (χ1) is 16.1. The van der Waals surface area contributed by atoms with Crippen LogP contribution in [0.25, 0.3) is 0 Å². The SMILES string of the molecule is CCC(CC(C)(C)C(=O)OC1(C)C2CC3CC(C2)CC1C3)C(=O)OC1C2CC3C(=O)OC1C3C2. The summed E-state index contributed by atoms with van der Waals surface area (Å²) in [6.07, 6.45) is 8.24. The topological polar surface area (TPSA) is 78.9 Å². The van der Waals surface area contributed by atoms with Gasteiger partial charge in [-0.1, -0.05) is 6.92 Å². The number of rotatable bonds is 7. The normalized spacial score (nSPS) is 46.5. The van der Waals surface area contributed by atoms with Gasteiger partial charge in [-0.25, -0.2) is 0 Å². The molecule has 6 heteroatoms. The van der Waals surface area contributed by atoms with Crippen LogP contribution in [0, 0.1) is 52.8 Å². The van der Waals surface area contributed by atoms with E-state index >= 15 is 0 Å². The Hall–Kier alpha value is -1.59. The molecule has 0 radical (unpaired) electrons. The van der Waals surface area contributed by atoms with Gasteiger partial charge in [-0.15, -0.1) is 0 Å². The van der Waals surface area contributed by atoms with Gasteiger partial charge in [0.1, 0.15) is 17.8 Å². The molecule has 0 aromatic rings. The highest BCUT2D eigenvalue weighted by molar-refractivity contribution is 5.79. The third kappa shape index (κ3) is 3.37. The van der Waals surface area contributed by atoms with E-state index in [9.17, 15) is 14.4 Å². The van der Waals surface area contributed by atoms with Crippen molar-refractivity contribution in [3.05, 3.63) is 0 Å². The lowest BCUT2D eigenvalue weighted by molar-refractivity contribution is -0.212. The molecule has 6 atom stereocenters. The van der Waals surface area contributed by atoms with Crippen molar-refractivity contribution in [1.82, 2.24) is 0 Å². The number of hydrogen-bond donors (Lipinski definition) is 0. The Morgan fingerprint density at radius 2 is 1.71 bits per heavy atom. The molecule has 0 aromatic heterocycles. The highest BCUT2D eigenvalue weighted by atomic mass is 16.6. The van der Waals surface area contributed by atoms with Gasteiger partial charge >= 0.3 is 17.9 Å². The van der Waals surface area contributed by atoms with Crippen molar-refractivity contribution in [3.8, 4) is 0 Å². The second-order valence-electron chi connectivity index (χ2n) is 13.4. The van der Waals surface area contributed by atoms with Crippen LogP contribution in [-0.2, 0) is 28.6 Å². The predicted octanol–water partition coefficient (Wildman–Crippen LogP) is 4.68. The van der Waals surface area contributed by atoms with E-state index in [2.05, 4.69) is 6.92 Å². The number of carbonyl (C=O) groups excluding carboxylic acids is 3. The van der Waals surface area contributed by atoms with E-state index in [1.807, 2.05) is 20.8 Å². The van der Waals surface area contributed by atoms with Crippen LogP contribution in [0.4, 0.5) is 0 Å². The quantitative estimate of drug-likeness (QED) is 0.395. The number of hydrogen-bond acceptors (Lipinski definition) is 6. The molecule has 0 amide bonds. The Morgan fingerprint density at radius 3 is 2.32 bits per heavy atom. The summed E-state index contributed by atoms with van der Waals surface area (Å²) in [4.78, 5) is 38.7. The Morgan fingerprint density at radius 1 is 1.06 bits per heavy atom. The fourth-order valence-corrected chi connectivity index (χ4v) is 9.01. The van der Waals surface area contributed by atoms with Crippen LogP contribution < -0.4 is 0 Å². The van der Waals surface area contributed by atoms with Crippen LogP contribution in [0.2, 0.25) is 0 Å². The van der Waals surface area contributed by atoms with E-state index in [0.29, 0.717) is 24.7 Å². The minimum Gasteiger partial charge on any atom is -0.458 e. The maximum absolute atomic E-state index is 13.5. The molecule has 0 N–H and O–H groups in total. The average molecular weight is 473 g/mol. The molecule has 34 heavy (non-hydrogen) atoms. The summed E-state index contributed by atoms with van der Waals surface area (Å²) in [5.41, 5.74) is -1.13. The van der Waals surface area contributed by atoms with Gasteiger partial charge in [0.05, 0.1) is 17.3 Å². The van der Waals surface area contributed by atoms with E-state index in [1.54, 1.807) is 0 Å². The van der Waals surface area contributed by atoms with E-state index in [4.69, 9.17) is 14.2 Å². The number of fused-ring (bicyclic) bond motifs is 1. The van der Waals surface area contributed by atoms with Crippen molar-refractivity contribution < 1.29 is 28.6 Å². The third-order valence-electron chi connectivity index (χ3n) is 10.9. The molecule has 6 saturated carbocycles. The van der Waals surface area contributed by atoms with Crippen molar-refractivity contribution >= 4 is 17.9 Å². The minimum absolute atomic E-state index is 0.00664. The van der Waals surface area contributed by atoms with Crippen molar-refractivity contribution in [1.29, 1.82) is 0 Å². The molecule has 188 valence electrons. The first kappa shape index (κ1) is 22.8. The molecule has 0 spiro atoms. The molecule has 7 rings (SSSR count). The van der Waals surface area contributed by atoms with Gasteiger partial charge in [-0.3, -0.25) is 14.4 Å². The van der Waals surface area contributed by atoms with Gasteiger partial charge in [0.25, 0.3) is 0 Å². The predicted molar refractivity (Wildman–Crippen MR) is 123 cm³/mol. The average Bonchev–Trinajstić information content (AvgIpc) is 3.40. The molecule has 6 bridgehead atoms. The maximum Gasteiger partial charge on any atom is 0.312 e. The standard InChI is InChI=1S/C28H40O6/c1-5-16(24(29)32-22-17-11-20-21(12-17)25(30)33-23(20)22)13-27(2,3)26(31)34-28(4)18-7-14-6-15(9-18)10-19(28)8-14/h14-23H,5-13H2,1-4H3. The largest absolute Gasteiger partial charge is 0.458 e. The summed E-state index contributed by atoms with van der Waals surface area (Å²) in [5.74, 6) is 2.10. The molecule has 6 nitrogen and oxygen atoms in total. The van der Waals surface area contributed by atoms with E-state index < -0.39 is 5.41 Å². The van der Waals surface area contributed by atoms with Crippen LogP contribution in [0.5, 0.6) is 0 Å². The molecule has 7 fully saturated rings. The number of esters is 3. The monoisotopic (exact) mass is 472 g/mol. The molecular formula is C28H40O6. The first-order valence-electron chi connectivity index (χ1n) is 13.7. The Bertz CT molecular complexity index is 863. The lowest BCUT2D eigenvalue weighted by atomic mass is 9.50. The van der Waals surface area contributed by atoms with E-state index in [0.717, 1.165) is 24.7 Å². The van der Waals surface area contributed by atoms with Gasteiger partial charge in [-0.2, -0.15) is 0 Å². The molecule has 6 unspecified atom stereocenters. The Kier molecular flexibility index (Phi) is 5.18. The lowest BCUT2D eigenvalue weighted by Crippen LogP contribution is -2.58. The molecule has 7 aliphatic rings. The van der Waals surface area contributed by atoms with Gasteiger partial charge < -0.3 is 14.2 Å². The van der Waals surface area contributed by atoms with Crippen molar-refractivity contribution in [3.63, 3.8) is 0 Å². The van der Waals surface area contributed by atoms with Crippen LogP contribution in [0.3, 0.4) is 0 Å². The van der Waals surface area contributed by atoms with Gasteiger partial charge in [-0.05, 0) is 102 Å². The van der Waals surface area contributed by atoms with Gasteiger partial charge in [0.15, 0.2) is 0 Å². The van der Waals surface area contributed by atoms with Crippen LogP contribution in [0.1, 0.15) is 85.5 Å². The van der Waals surface area contributed by atoms with Crippen molar-refractivity contribution in [2.75, 3.05) is 0 Å². The first-order valence-corrected chi connectivity index (χ1v) is 13.7. The summed E-state index contributed by atoms with van der Waals surface area (Å²) in [5, 5.41) is 0. The van der Waals surface area contributed by atoms with E-state index in [-0.39, 0.29) is 59.4 Å². The minimum atomic E-state index is -0.767. The third-order valence-corrected chi connectivity index (χ3v) is 10.9. The fraction of sp³-hybridized carbons (Fsp3) is 0.893. The number of carbonyl (C=O) groups is 3. The summed E-state index contributed by atoms with van der Waals surface area (Å²) >= 11 is 0. The number of ether oxygens (including phenoxy) is 3. The second kappa shape index (κ2) is 7.70. The highest BCUT2D eigenvalue weighted by Crippen LogP contribution is 2.60. The lowest BCUT2D eigenvalue weighted by Gasteiger charge is -2.59. The second-order valence-corrected chi connectivity index (χ2v) is 13.4. The summed E-state index contributed by atoms with van der Waals surface area (Å²) in [6.45, 7) is 7.96. The molecular weight excluding hydrogens is 432 g/mol. The molecule has 1 saturated heterocycles. The van der Waals surface area contributed by atoms with Crippen molar-refractivity contribution in [2.45, 2.75) is 103 Å². The summed E-state index contributed by atoms with van der Waals surface area (Å²) in [7, 11) is 0. The smallest absolute Gasteiger partial charge is 0.312 e. The van der Waals surface area contributed by atoms with Crippen LogP contribution in [0.15, 0.2) is 0 Å². The summed E-state index contributed by atoms with van der Waals surface area (Å²) < 4.78 is 17.9. The zero-order valence-corrected chi connectivity index (χ0v) is 21.1.